The average molecular weight is 297 g/mol. The number of amidine groups is 1. The Labute approximate surface area is 125 Å². The second kappa shape index (κ2) is 6.67. The Morgan fingerprint density at radius 3 is 2.84 bits per heavy atom. The fourth-order valence-electron chi connectivity index (χ4n) is 2.37. The Bertz CT molecular complexity index is 469. The molecule has 0 saturated carbocycles. The number of rotatable bonds is 4. The molecular formula is C15H21ClN2S. The van der Waals surface area contributed by atoms with Gasteiger partial charge in [0, 0.05) is 5.25 Å². The van der Waals surface area contributed by atoms with Crippen molar-refractivity contribution < 1.29 is 0 Å². The lowest BCUT2D eigenvalue weighted by atomic mass is 9.99. The fourth-order valence-corrected chi connectivity index (χ4v) is 3.87. The van der Waals surface area contributed by atoms with Gasteiger partial charge in [-0.25, -0.2) is 0 Å². The van der Waals surface area contributed by atoms with Crippen molar-refractivity contribution in [1.29, 1.82) is 0 Å². The van der Waals surface area contributed by atoms with Crippen LogP contribution in [-0.2, 0) is 0 Å². The van der Waals surface area contributed by atoms with Gasteiger partial charge >= 0.3 is 0 Å². The van der Waals surface area contributed by atoms with Gasteiger partial charge in [-0.05, 0) is 30.5 Å². The molecule has 0 spiro atoms. The monoisotopic (exact) mass is 296 g/mol. The van der Waals surface area contributed by atoms with Crippen LogP contribution in [0, 0.1) is 12.8 Å². The van der Waals surface area contributed by atoms with Gasteiger partial charge in [0.1, 0.15) is 0 Å². The quantitative estimate of drug-likeness (QED) is 0.848. The van der Waals surface area contributed by atoms with Gasteiger partial charge in [-0.15, -0.1) is 0 Å². The van der Waals surface area contributed by atoms with E-state index in [4.69, 9.17) is 11.6 Å². The first-order chi connectivity index (χ1) is 9.13. The zero-order valence-corrected chi connectivity index (χ0v) is 13.3. The SMILES string of the molecule is CCC(CC)C1CN=C(Nc2cc(C)ccc2Cl)S1. The largest absolute Gasteiger partial charge is 0.334 e. The van der Waals surface area contributed by atoms with E-state index in [2.05, 4.69) is 37.1 Å². The summed E-state index contributed by atoms with van der Waals surface area (Å²) in [6.07, 6.45) is 2.45. The van der Waals surface area contributed by atoms with E-state index in [1.807, 2.05) is 23.9 Å². The number of nitrogens with one attached hydrogen (secondary N) is 1. The van der Waals surface area contributed by atoms with Crippen molar-refractivity contribution in [3.8, 4) is 0 Å². The Morgan fingerprint density at radius 1 is 1.42 bits per heavy atom. The van der Waals surface area contributed by atoms with E-state index < -0.39 is 0 Å². The maximum Gasteiger partial charge on any atom is 0.161 e. The Morgan fingerprint density at radius 2 is 2.16 bits per heavy atom. The molecule has 19 heavy (non-hydrogen) atoms. The third kappa shape index (κ3) is 3.67. The number of hydrogen-bond acceptors (Lipinski definition) is 3. The van der Waals surface area contributed by atoms with Crippen LogP contribution in [0.4, 0.5) is 5.69 Å². The molecule has 4 heteroatoms. The van der Waals surface area contributed by atoms with Gasteiger partial charge in [0.15, 0.2) is 5.17 Å². The normalized spacial score (nSPS) is 18.8. The summed E-state index contributed by atoms with van der Waals surface area (Å²) in [7, 11) is 0. The smallest absolute Gasteiger partial charge is 0.161 e. The predicted molar refractivity (Wildman–Crippen MR) is 87.6 cm³/mol. The molecule has 1 atom stereocenters. The maximum atomic E-state index is 6.20. The Kier molecular flexibility index (Phi) is 5.17. The van der Waals surface area contributed by atoms with Gasteiger partial charge in [-0.1, -0.05) is 56.1 Å². The van der Waals surface area contributed by atoms with Crippen molar-refractivity contribution in [2.75, 3.05) is 11.9 Å². The summed E-state index contributed by atoms with van der Waals surface area (Å²) in [6.45, 7) is 7.51. The predicted octanol–water partition coefficient (Wildman–Crippen LogP) is 4.97. The van der Waals surface area contributed by atoms with E-state index in [-0.39, 0.29) is 0 Å². The van der Waals surface area contributed by atoms with Crippen LogP contribution in [0.2, 0.25) is 5.02 Å². The van der Waals surface area contributed by atoms with Crippen LogP contribution in [0.1, 0.15) is 32.3 Å². The summed E-state index contributed by atoms with van der Waals surface area (Å²) < 4.78 is 0. The molecule has 1 aromatic rings. The van der Waals surface area contributed by atoms with E-state index in [0.29, 0.717) is 5.25 Å². The molecule has 2 rings (SSSR count). The lowest BCUT2D eigenvalue weighted by Gasteiger charge is -2.18. The molecule has 2 nitrogen and oxygen atoms in total. The van der Waals surface area contributed by atoms with Crippen molar-refractivity contribution in [2.24, 2.45) is 10.9 Å². The molecule has 1 aromatic carbocycles. The molecule has 1 aliphatic rings. The highest BCUT2D eigenvalue weighted by Gasteiger charge is 2.26. The molecule has 104 valence electrons. The van der Waals surface area contributed by atoms with E-state index in [1.165, 1.54) is 18.4 Å². The first kappa shape index (κ1) is 14.7. The molecule has 0 radical (unpaired) electrons. The molecule has 0 saturated heterocycles. The Balaban J connectivity index is 2.00. The van der Waals surface area contributed by atoms with Crippen molar-refractivity contribution in [3.63, 3.8) is 0 Å². The van der Waals surface area contributed by atoms with Crippen LogP contribution in [-0.4, -0.2) is 17.0 Å². The van der Waals surface area contributed by atoms with Gasteiger partial charge in [0.2, 0.25) is 0 Å². The Hall–Kier alpha value is -0.670. The molecular weight excluding hydrogens is 276 g/mol. The number of benzene rings is 1. The fraction of sp³-hybridized carbons (Fsp3) is 0.533. The summed E-state index contributed by atoms with van der Waals surface area (Å²) in [4.78, 5) is 4.61. The number of thioether (sulfide) groups is 1. The summed E-state index contributed by atoms with van der Waals surface area (Å²) >= 11 is 8.06. The van der Waals surface area contributed by atoms with Gasteiger partial charge in [0.25, 0.3) is 0 Å². The van der Waals surface area contributed by atoms with Crippen molar-refractivity contribution >= 4 is 34.2 Å². The highest BCUT2D eigenvalue weighted by Crippen LogP contribution is 2.32. The van der Waals surface area contributed by atoms with Gasteiger partial charge in [-0.3, -0.25) is 4.99 Å². The minimum atomic E-state index is 0.612. The average Bonchev–Trinajstić information content (AvgIpc) is 2.84. The van der Waals surface area contributed by atoms with Crippen molar-refractivity contribution in [1.82, 2.24) is 0 Å². The van der Waals surface area contributed by atoms with E-state index >= 15 is 0 Å². The molecule has 0 aliphatic carbocycles. The van der Waals surface area contributed by atoms with E-state index in [9.17, 15) is 0 Å². The van der Waals surface area contributed by atoms with Crippen LogP contribution in [0.15, 0.2) is 23.2 Å². The van der Waals surface area contributed by atoms with Crippen molar-refractivity contribution in [2.45, 2.75) is 38.9 Å². The minimum absolute atomic E-state index is 0.612. The van der Waals surface area contributed by atoms with Crippen LogP contribution in [0.25, 0.3) is 0 Å². The molecule has 1 N–H and O–H groups in total. The second-order valence-electron chi connectivity index (χ2n) is 4.99. The molecule has 1 aliphatic heterocycles. The third-order valence-electron chi connectivity index (χ3n) is 3.62. The number of nitrogens with zero attached hydrogens (tertiary/aromatic N) is 1. The van der Waals surface area contributed by atoms with E-state index in [0.717, 1.165) is 28.3 Å². The highest BCUT2D eigenvalue weighted by atomic mass is 35.5. The van der Waals surface area contributed by atoms with Crippen LogP contribution in [0.3, 0.4) is 0 Å². The maximum absolute atomic E-state index is 6.20. The number of aliphatic imine (C=N–C) groups is 1. The van der Waals surface area contributed by atoms with Crippen LogP contribution in [0.5, 0.6) is 0 Å². The zero-order chi connectivity index (χ0) is 13.8. The second-order valence-corrected chi connectivity index (χ2v) is 6.62. The topological polar surface area (TPSA) is 24.4 Å². The standard InChI is InChI=1S/C15H21ClN2S/c1-4-11(5-2)14-9-17-15(19-14)18-13-8-10(3)6-7-12(13)16/h6-8,11,14H,4-5,9H2,1-3H3,(H,17,18). The summed E-state index contributed by atoms with van der Waals surface area (Å²) in [5.74, 6) is 0.751. The lowest BCUT2D eigenvalue weighted by Crippen LogP contribution is -2.17. The molecule has 0 fully saturated rings. The van der Waals surface area contributed by atoms with E-state index in [1.54, 1.807) is 0 Å². The number of anilines is 1. The van der Waals surface area contributed by atoms with Gasteiger partial charge in [0.05, 0.1) is 17.3 Å². The minimum Gasteiger partial charge on any atom is -0.334 e. The summed E-state index contributed by atoms with van der Waals surface area (Å²) in [5, 5.41) is 5.73. The van der Waals surface area contributed by atoms with Gasteiger partial charge in [-0.2, -0.15) is 0 Å². The molecule has 0 aromatic heterocycles. The van der Waals surface area contributed by atoms with Crippen LogP contribution < -0.4 is 5.32 Å². The number of hydrogen-bond donors (Lipinski definition) is 1. The highest BCUT2D eigenvalue weighted by molar-refractivity contribution is 8.15. The van der Waals surface area contributed by atoms with Crippen LogP contribution >= 0.6 is 23.4 Å². The molecule has 1 unspecified atom stereocenters. The molecule has 0 amide bonds. The summed E-state index contributed by atoms with van der Waals surface area (Å²) in [6, 6.07) is 6.01. The first-order valence-electron chi connectivity index (χ1n) is 6.88. The van der Waals surface area contributed by atoms with Crippen molar-refractivity contribution in [3.05, 3.63) is 28.8 Å². The zero-order valence-electron chi connectivity index (χ0n) is 11.7. The lowest BCUT2D eigenvalue weighted by molar-refractivity contribution is 0.479. The number of halogens is 1. The number of aryl methyl sites for hydroxylation is 1. The first-order valence-corrected chi connectivity index (χ1v) is 8.14. The molecule has 0 bridgehead atoms. The third-order valence-corrected chi connectivity index (χ3v) is 5.24. The summed E-state index contributed by atoms with van der Waals surface area (Å²) in [5.41, 5.74) is 2.16. The molecule has 1 heterocycles. The van der Waals surface area contributed by atoms with Gasteiger partial charge < -0.3 is 5.32 Å².